The Morgan fingerprint density at radius 2 is 1.41 bits per heavy atom. The first-order valence-corrected chi connectivity index (χ1v) is 16.7. The molecule has 3 heterocycles. The summed E-state index contributed by atoms with van der Waals surface area (Å²) in [5.74, 6) is 1.40. The molecule has 3 aromatic heterocycles. The van der Waals surface area contributed by atoms with Crippen molar-refractivity contribution in [3.05, 3.63) is 90.8 Å². The molecule has 0 bridgehead atoms. The molecule has 0 aliphatic rings. The monoisotopic (exact) mass is 661 g/mol. The lowest BCUT2D eigenvalue weighted by atomic mass is 10.00. The SMILES string of the molecule is CCCN(C)Cc1nc2ccc(-c3ccc(-c4ccc5nc(CN(CCC)C(=O)C(Cn6cccn6)NC(=O)OC)[nH]c5c4)cc3)cc2[nH]1. The summed E-state index contributed by atoms with van der Waals surface area (Å²) >= 11 is 0. The van der Waals surface area contributed by atoms with E-state index in [1.165, 1.54) is 7.11 Å². The first-order valence-electron chi connectivity index (χ1n) is 16.7. The molecule has 254 valence electrons. The molecule has 12 heteroatoms. The molecule has 1 unspecified atom stereocenters. The Bertz CT molecular complexity index is 2010. The first kappa shape index (κ1) is 33.4. The van der Waals surface area contributed by atoms with Crippen molar-refractivity contribution in [3.63, 3.8) is 0 Å². The number of methoxy groups -OCH3 is 1. The van der Waals surface area contributed by atoms with Crippen molar-refractivity contribution in [3.8, 4) is 22.3 Å². The van der Waals surface area contributed by atoms with Crippen LogP contribution in [0.25, 0.3) is 44.3 Å². The number of benzene rings is 3. The molecule has 0 aliphatic carbocycles. The number of hydrogen-bond donors (Lipinski definition) is 3. The average Bonchev–Trinajstić information content (AvgIpc) is 3.86. The predicted octanol–water partition coefficient (Wildman–Crippen LogP) is 5.97. The summed E-state index contributed by atoms with van der Waals surface area (Å²) in [5, 5.41) is 6.86. The molecule has 0 fully saturated rings. The zero-order valence-corrected chi connectivity index (χ0v) is 28.4. The van der Waals surface area contributed by atoms with E-state index in [9.17, 15) is 9.59 Å². The lowest BCUT2D eigenvalue weighted by molar-refractivity contribution is -0.134. The van der Waals surface area contributed by atoms with Gasteiger partial charge < -0.3 is 24.9 Å². The minimum absolute atomic E-state index is 0.180. The van der Waals surface area contributed by atoms with Crippen LogP contribution in [0.4, 0.5) is 4.79 Å². The second-order valence-electron chi connectivity index (χ2n) is 12.3. The summed E-state index contributed by atoms with van der Waals surface area (Å²) in [4.78, 5) is 46.2. The molecule has 49 heavy (non-hydrogen) atoms. The standard InChI is InChI=1S/C37H43N9O3/c1-5-17-44(3)23-34-39-29-14-12-27(20-31(29)41-34)25-8-10-26(11-9-25)28-13-15-30-32(21-28)42-35(40-30)24-45(18-6-2)36(47)33(43-37(48)49-4)22-46-19-7-16-38-46/h7-16,19-21,33H,5-6,17-18,22-24H2,1-4H3,(H,39,41)(H,40,42)(H,43,48). The number of ether oxygens (including phenoxy) is 1. The molecule has 2 amide bonds. The molecule has 0 aliphatic heterocycles. The molecule has 6 rings (SSSR count). The van der Waals surface area contributed by atoms with Crippen LogP contribution < -0.4 is 5.32 Å². The third-order valence-electron chi connectivity index (χ3n) is 8.49. The van der Waals surface area contributed by atoms with Crippen molar-refractivity contribution >= 4 is 34.1 Å². The smallest absolute Gasteiger partial charge is 0.407 e. The Morgan fingerprint density at radius 1 is 0.837 bits per heavy atom. The maximum absolute atomic E-state index is 13.7. The van der Waals surface area contributed by atoms with E-state index in [1.54, 1.807) is 28.0 Å². The molecule has 6 aromatic rings. The van der Waals surface area contributed by atoms with Gasteiger partial charge in [0.1, 0.15) is 17.7 Å². The largest absolute Gasteiger partial charge is 0.453 e. The van der Waals surface area contributed by atoms with Crippen LogP contribution in [-0.4, -0.2) is 84.8 Å². The molecule has 0 radical (unpaired) electrons. The minimum atomic E-state index is -0.853. The van der Waals surface area contributed by atoms with Crippen molar-refractivity contribution in [2.75, 3.05) is 27.2 Å². The van der Waals surface area contributed by atoms with Gasteiger partial charge in [-0.05, 0) is 79.0 Å². The van der Waals surface area contributed by atoms with E-state index in [-0.39, 0.29) is 19.0 Å². The maximum Gasteiger partial charge on any atom is 0.407 e. The Hall–Kier alpha value is -5.49. The number of aromatic amines is 2. The van der Waals surface area contributed by atoms with Gasteiger partial charge in [0.15, 0.2) is 0 Å². The van der Waals surface area contributed by atoms with E-state index in [1.807, 2.05) is 13.0 Å². The highest BCUT2D eigenvalue weighted by molar-refractivity contribution is 5.86. The van der Waals surface area contributed by atoms with Gasteiger partial charge in [0, 0.05) is 18.9 Å². The summed E-state index contributed by atoms with van der Waals surface area (Å²) in [5.41, 5.74) is 8.11. The number of carbonyl (C=O) groups is 2. The molecular weight excluding hydrogens is 618 g/mol. The van der Waals surface area contributed by atoms with Gasteiger partial charge in [-0.15, -0.1) is 0 Å². The third kappa shape index (κ3) is 7.98. The van der Waals surface area contributed by atoms with Crippen LogP contribution in [0.15, 0.2) is 79.1 Å². The molecule has 3 N–H and O–H groups in total. The lowest BCUT2D eigenvalue weighted by Gasteiger charge is -2.26. The van der Waals surface area contributed by atoms with Crippen molar-refractivity contribution in [2.45, 2.75) is 52.4 Å². The number of nitrogens with zero attached hydrogens (tertiary/aromatic N) is 6. The third-order valence-corrected chi connectivity index (χ3v) is 8.49. The van der Waals surface area contributed by atoms with Crippen LogP contribution in [0.3, 0.4) is 0 Å². The van der Waals surface area contributed by atoms with Crippen LogP contribution in [-0.2, 0) is 29.2 Å². The highest BCUT2D eigenvalue weighted by Gasteiger charge is 2.27. The van der Waals surface area contributed by atoms with Gasteiger partial charge in [-0.25, -0.2) is 14.8 Å². The number of hydrogen-bond acceptors (Lipinski definition) is 7. The van der Waals surface area contributed by atoms with Gasteiger partial charge in [0.2, 0.25) is 5.91 Å². The quantitative estimate of drug-likeness (QED) is 0.131. The van der Waals surface area contributed by atoms with Crippen molar-refractivity contribution in [2.24, 2.45) is 0 Å². The average molecular weight is 662 g/mol. The van der Waals surface area contributed by atoms with Gasteiger partial charge in [-0.1, -0.05) is 50.2 Å². The van der Waals surface area contributed by atoms with Gasteiger partial charge in [0.05, 0.1) is 48.8 Å². The van der Waals surface area contributed by atoms with Gasteiger partial charge in [-0.2, -0.15) is 5.10 Å². The van der Waals surface area contributed by atoms with Gasteiger partial charge >= 0.3 is 6.09 Å². The Balaban J connectivity index is 1.17. The molecule has 1 atom stereocenters. The lowest BCUT2D eigenvalue weighted by Crippen LogP contribution is -2.50. The number of rotatable bonds is 14. The maximum atomic E-state index is 13.7. The van der Waals surface area contributed by atoms with Crippen LogP contribution in [0.2, 0.25) is 0 Å². The number of fused-ring (bicyclic) bond motifs is 2. The number of alkyl carbamates (subject to hydrolysis) is 1. The number of amides is 2. The fourth-order valence-corrected chi connectivity index (χ4v) is 6.13. The number of H-pyrrole nitrogens is 2. The fourth-order valence-electron chi connectivity index (χ4n) is 6.13. The summed E-state index contributed by atoms with van der Waals surface area (Å²) in [6.07, 6.45) is 4.56. The van der Waals surface area contributed by atoms with Gasteiger partial charge in [-0.3, -0.25) is 14.4 Å². The molecule has 0 saturated heterocycles. The van der Waals surface area contributed by atoms with Gasteiger partial charge in [0.25, 0.3) is 0 Å². The highest BCUT2D eigenvalue weighted by atomic mass is 16.5. The Kier molecular flexibility index (Phi) is 10.3. The van der Waals surface area contributed by atoms with E-state index in [0.717, 1.165) is 76.1 Å². The van der Waals surface area contributed by atoms with E-state index in [0.29, 0.717) is 12.4 Å². The Labute approximate surface area is 285 Å². The fraction of sp³-hybridized carbons (Fsp3) is 0.324. The summed E-state index contributed by atoms with van der Waals surface area (Å²) in [7, 11) is 3.39. The molecule has 12 nitrogen and oxygen atoms in total. The molecule has 0 saturated carbocycles. The van der Waals surface area contributed by atoms with Crippen molar-refractivity contribution in [1.82, 2.24) is 44.8 Å². The number of carbonyl (C=O) groups excluding carboxylic acids is 2. The Morgan fingerprint density at radius 3 is 1.94 bits per heavy atom. The van der Waals surface area contributed by atoms with Crippen molar-refractivity contribution < 1.29 is 14.3 Å². The van der Waals surface area contributed by atoms with Crippen LogP contribution in [0.1, 0.15) is 38.3 Å². The summed E-state index contributed by atoms with van der Waals surface area (Å²) in [6, 6.07) is 22.0. The molecule has 3 aromatic carbocycles. The zero-order valence-electron chi connectivity index (χ0n) is 28.4. The van der Waals surface area contributed by atoms with Crippen LogP contribution in [0, 0.1) is 0 Å². The molecule has 0 spiro atoms. The predicted molar refractivity (Wildman–Crippen MR) is 191 cm³/mol. The molecular formula is C37H43N9O3. The zero-order chi connectivity index (χ0) is 34.3. The van der Waals surface area contributed by atoms with Crippen molar-refractivity contribution in [1.29, 1.82) is 0 Å². The number of nitrogens with one attached hydrogen (secondary N) is 3. The van der Waals surface area contributed by atoms with E-state index < -0.39 is 12.1 Å². The van der Waals surface area contributed by atoms with Crippen LogP contribution >= 0.6 is 0 Å². The normalized spacial score (nSPS) is 12.1. The summed E-state index contributed by atoms with van der Waals surface area (Å²) in [6.45, 7) is 6.96. The first-order chi connectivity index (χ1) is 23.8. The second kappa shape index (κ2) is 15.2. The topological polar surface area (TPSA) is 137 Å². The summed E-state index contributed by atoms with van der Waals surface area (Å²) < 4.78 is 6.39. The van der Waals surface area contributed by atoms with Crippen LogP contribution in [0.5, 0.6) is 0 Å². The number of imidazole rings is 2. The highest BCUT2D eigenvalue weighted by Crippen LogP contribution is 2.29. The van der Waals surface area contributed by atoms with E-state index in [4.69, 9.17) is 14.7 Å². The number of aromatic nitrogens is 6. The van der Waals surface area contributed by atoms with E-state index >= 15 is 0 Å². The minimum Gasteiger partial charge on any atom is -0.453 e. The van der Waals surface area contributed by atoms with E-state index in [2.05, 4.69) is 93.9 Å². The second-order valence-corrected chi connectivity index (χ2v) is 12.3.